The van der Waals surface area contributed by atoms with Gasteiger partial charge in [-0.05, 0) is 53.9 Å². The highest BCUT2D eigenvalue weighted by molar-refractivity contribution is 6.08. The monoisotopic (exact) mass is 399 g/mol. The summed E-state index contributed by atoms with van der Waals surface area (Å²) in [5.41, 5.74) is 0.404. The minimum Gasteiger partial charge on any atom is -0.478 e. The van der Waals surface area contributed by atoms with Crippen molar-refractivity contribution >= 4 is 17.6 Å². The lowest BCUT2D eigenvalue weighted by Gasteiger charge is -2.13. The number of aromatic carboxylic acids is 1. The van der Waals surface area contributed by atoms with Crippen LogP contribution in [0.2, 0.25) is 0 Å². The van der Waals surface area contributed by atoms with Crippen LogP contribution in [0.1, 0.15) is 31.8 Å². The molecule has 0 fully saturated rings. The first-order chi connectivity index (χ1) is 13.6. The Labute approximate surface area is 164 Å². The molecule has 3 aromatic rings. The standard InChI is InChI=1S/C22H16F3NO3/c1-13-9-16(11-17(10-13)22(23,24)25)20(27)26-19-12-15(7-8-18(19)21(28)29)14-5-3-2-4-6-14/h2-12H,1H3,(H,26,27)(H,28,29). The number of carbonyl (C=O) groups is 2. The molecule has 0 unspecified atom stereocenters. The highest BCUT2D eigenvalue weighted by Gasteiger charge is 2.31. The maximum Gasteiger partial charge on any atom is 0.416 e. The molecule has 0 aliphatic carbocycles. The van der Waals surface area contributed by atoms with Crippen LogP contribution >= 0.6 is 0 Å². The second kappa shape index (κ2) is 7.79. The van der Waals surface area contributed by atoms with Gasteiger partial charge in [-0.2, -0.15) is 13.2 Å². The van der Waals surface area contributed by atoms with Gasteiger partial charge in [-0.15, -0.1) is 0 Å². The quantitative estimate of drug-likeness (QED) is 0.597. The Hall–Kier alpha value is -3.61. The number of rotatable bonds is 4. The first kappa shape index (κ1) is 20.1. The lowest BCUT2D eigenvalue weighted by Crippen LogP contribution is -2.16. The number of nitrogens with one attached hydrogen (secondary N) is 1. The summed E-state index contributed by atoms with van der Waals surface area (Å²) < 4.78 is 39.1. The summed E-state index contributed by atoms with van der Waals surface area (Å²) in [5.74, 6) is -2.09. The molecule has 4 nitrogen and oxygen atoms in total. The molecule has 0 radical (unpaired) electrons. The summed E-state index contributed by atoms with van der Waals surface area (Å²) >= 11 is 0. The Balaban J connectivity index is 2.00. The van der Waals surface area contributed by atoms with Crippen molar-refractivity contribution in [2.24, 2.45) is 0 Å². The zero-order chi connectivity index (χ0) is 21.2. The van der Waals surface area contributed by atoms with Gasteiger partial charge in [0.15, 0.2) is 0 Å². The second-order valence-electron chi connectivity index (χ2n) is 6.47. The smallest absolute Gasteiger partial charge is 0.416 e. The minimum atomic E-state index is -4.60. The van der Waals surface area contributed by atoms with E-state index in [4.69, 9.17) is 0 Å². The van der Waals surface area contributed by atoms with Crippen LogP contribution in [0.5, 0.6) is 0 Å². The second-order valence-corrected chi connectivity index (χ2v) is 6.47. The van der Waals surface area contributed by atoms with E-state index >= 15 is 0 Å². The molecule has 3 aromatic carbocycles. The first-order valence-corrected chi connectivity index (χ1v) is 8.58. The summed E-state index contributed by atoms with van der Waals surface area (Å²) in [5, 5.41) is 11.8. The number of aryl methyl sites for hydroxylation is 1. The molecule has 0 spiro atoms. The van der Waals surface area contributed by atoms with Crippen LogP contribution in [0.4, 0.5) is 18.9 Å². The van der Waals surface area contributed by atoms with Gasteiger partial charge >= 0.3 is 12.1 Å². The molecule has 148 valence electrons. The maximum absolute atomic E-state index is 13.0. The molecule has 0 saturated carbocycles. The van der Waals surface area contributed by atoms with Crippen molar-refractivity contribution in [2.45, 2.75) is 13.1 Å². The number of amides is 1. The average Bonchev–Trinajstić information content (AvgIpc) is 2.67. The van der Waals surface area contributed by atoms with E-state index in [0.29, 0.717) is 5.56 Å². The molecule has 0 aliphatic heterocycles. The number of hydrogen-bond donors (Lipinski definition) is 2. The summed E-state index contributed by atoms with van der Waals surface area (Å²) in [6.45, 7) is 1.45. The lowest BCUT2D eigenvalue weighted by molar-refractivity contribution is -0.137. The van der Waals surface area contributed by atoms with Gasteiger partial charge < -0.3 is 10.4 Å². The Morgan fingerprint density at radius 1 is 0.897 bits per heavy atom. The van der Waals surface area contributed by atoms with Crippen LogP contribution in [0, 0.1) is 6.92 Å². The first-order valence-electron chi connectivity index (χ1n) is 8.58. The summed E-state index contributed by atoms with van der Waals surface area (Å²) in [7, 11) is 0. The molecule has 0 saturated heterocycles. The number of benzene rings is 3. The van der Waals surface area contributed by atoms with Crippen LogP contribution in [0.15, 0.2) is 66.7 Å². The molecule has 1 amide bonds. The van der Waals surface area contributed by atoms with Gasteiger partial charge in [-0.3, -0.25) is 4.79 Å². The number of anilines is 1. The average molecular weight is 399 g/mol. The molecule has 3 rings (SSSR count). The summed E-state index contributed by atoms with van der Waals surface area (Å²) in [4.78, 5) is 24.1. The van der Waals surface area contributed by atoms with Gasteiger partial charge in [0.05, 0.1) is 16.8 Å². The molecule has 2 N–H and O–H groups in total. The lowest BCUT2D eigenvalue weighted by atomic mass is 10.0. The van der Waals surface area contributed by atoms with E-state index in [-0.39, 0.29) is 22.4 Å². The van der Waals surface area contributed by atoms with E-state index < -0.39 is 23.6 Å². The predicted octanol–water partition coefficient (Wildman–Crippen LogP) is 5.63. The van der Waals surface area contributed by atoms with E-state index in [1.54, 1.807) is 6.07 Å². The van der Waals surface area contributed by atoms with Crippen LogP contribution < -0.4 is 5.32 Å². The van der Waals surface area contributed by atoms with E-state index in [1.165, 1.54) is 25.1 Å². The number of hydrogen-bond acceptors (Lipinski definition) is 2. The van der Waals surface area contributed by atoms with Crippen molar-refractivity contribution in [1.82, 2.24) is 0 Å². The Morgan fingerprint density at radius 3 is 2.21 bits per heavy atom. The van der Waals surface area contributed by atoms with Crippen molar-refractivity contribution in [3.63, 3.8) is 0 Å². The van der Waals surface area contributed by atoms with Crippen LogP contribution in [-0.4, -0.2) is 17.0 Å². The molecule has 0 aromatic heterocycles. The number of carbonyl (C=O) groups excluding carboxylic acids is 1. The van der Waals surface area contributed by atoms with Crippen molar-refractivity contribution in [2.75, 3.05) is 5.32 Å². The maximum atomic E-state index is 13.0. The normalized spacial score (nSPS) is 11.2. The largest absolute Gasteiger partial charge is 0.478 e. The fourth-order valence-corrected chi connectivity index (χ4v) is 2.92. The van der Waals surface area contributed by atoms with Gasteiger partial charge in [-0.1, -0.05) is 36.4 Å². The third kappa shape index (κ3) is 4.63. The third-order valence-electron chi connectivity index (χ3n) is 4.27. The van der Waals surface area contributed by atoms with Crippen molar-refractivity contribution in [1.29, 1.82) is 0 Å². The topological polar surface area (TPSA) is 66.4 Å². The predicted molar refractivity (Wildman–Crippen MR) is 103 cm³/mol. The number of alkyl halides is 3. The zero-order valence-electron chi connectivity index (χ0n) is 15.2. The molecule has 0 bridgehead atoms. The van der Waals surface area contributed by atoms with Crippen molar-refractivity contribution < 1.29 is 27.9 Å². The van der Waals surface area contributed by atoms with E-state index in [1.807, 2.05) is 30.3 Å². The minimum absolute atomic E-state index is 0.00100. The van der Waals surface area contributed by atoms with Gasteiger partial charge in [-0.25, -0.2) is 4.79 Å². The van der Waals surface area contributed by atoms with Crippen molar-refractivity contribution in [3.8, 4) is 11.1 Å². The van der Waals surface area contributed by atoms with Gasteiger partial charge in [0.25, 0.3) is 5.91 Å². The highest BCUT2D eigenvalue weighted by atomic mass is 19.4. The third-order valence-corrected chi connectivity index (χ3v) is 4.27. The van der Waals surface area contributed by atoms with Gasteiger partial charge in [0, 0.05) is 5.56 Å². The molecular weight excluding hydrogens is 383 g/mol. The molecule has 7 heteroatoms. The fraction of sp³-hybridized carbons (Fsp3) is 0.0909. The molecule has 0 aliphatic rings. The SMILES string of the molecule is Cc1cc(C(=O)Nc2cc(-c3ccccc3)ccc2C(=O)O)cc(C(F)(F)F)c1. The van der Waals surface area contributed by atoms with E-state index in [2.05, 4.69) is 5.32 Å². The summed E-state index contributed by atoms with van der Waals surface area (Å²) in [6.07, 6.45) is -4.60. The van der Waals surface area contributed by atoms with Crippen LogP contribution in [0.25, 0.3) is 11.1 Å². The van der Waals surface area contributed by atoms with Gasteiger partial charge in [0.2, 0.25) is 0 Å². The Bertz CT molecular complexity index is 1080. The van der Waals surface area contributed by atoms with Crippen molar-refractivity contribution in [3.05, 3.63) is 89.0 Å². The molecule has 0 heterocycles. The van der Waals surface area contributed by atoms with E-state index in [0.717, 1.165) is 17.7 Å². The van der Waals surface area contributed by atoms with Crippen LogP contribution in [-0.2, 0) is 6.18 Å². The number of halogens is 3. The Morgan fingerprint density at radius 2 is 1.59 bits per heavy atom. The zero-order valence-corrected chi connectivity index (χ0v) is 15.2. The van der Waals surface area contributed by atoms with Crippen LogP contribution in [0.3, 0.4) is 0 Å². The summed E-state index contributed by atoms with van der Waals surface area (Å²) in [6, 6.07) is 16.5. The highest BCUT2D eigenvalue weighted by Crippen LogP contribution is 2.31. The number of carboxylic acid groups (broad SMARTS) is 1. The fourth-order valence-electron chi connectivity index (χ4n) is 2.92. The molecular formula is C22H16F3NO3. The number of carboxylic acids is 1. The van der Waals surface area contributed by atoms with Gasteiger partial charge in [0.1, 0.15) is 0 Å². The molecule has 29 heavy (non-hydrogen) atoms. The molecule has 0 atom stereocenters. The Kier molecular flexibility index (Phi) is 5.41. The van der Waals surface area contributed by atoms with E-state index in [9.17, 15) is 27.9 Å².